The van der Waals surface area contributed by atoms with E-state index in [1.165, 1.54) is 18.2 Å². The van der Waals surface area contributed by atoms with E-state index < -0.39 is 11.7 Å². The summed E-state index contributed by atoms with van der Waals surface area (Å²) in [5.41, 5.74) is 1.30. The van der Waals surface area contributed by atoms with Gasteiger partial charge in [0.25, 0.3) is 11.8 Å². The quantitative estimate of drug-likeness (QED) is 0.624. The molecule has 2 aromatic carbocycles. The van der Waals surface area contributed by atoms with Crippen LogP contribution in [0.1, 0.15) is 40.5 Å². The highest BCUT2D eigenvalue weighted by Crippen LogP contribution is 2.10. The zero-order chi connectivity index (χ0) is 19.6. The van der Waals surface area contributed by atoms with Gasteiger partial charge in [0.15, 0.2) is 0 Å². The monoisotopic (exact) mass is 371 g/mol. The molecule has 7 heteroatoms. The van der Waals surface area contributed by atoms with Crippen LogP contribution in [0.3, 0.4) is 0 Å². The molecule has 27 heavy (non-hydrogen) atoms. The lowest BCUT2D eigenvalue weighted by atomic mass is 10.2. The fraction of sp³-hybridized carbons (Fsp3) is 0.250. The minimum Gasteiger partial charge on any atom is -0.350 e. The second-order valence-corrected chi connectivity index (χ2v) is 5.90. The number of carbonyl (C=O) groups excluding carboxylic acids is 3. The van der Waals surface area contributed by atoms with Gasteiger partial charge in [0.05, 0.1) is 0 Å². The standard InChI is InChI=1S/C20H22FN3O3/c1-2-4-18(25)24-17-9-7-14(8-10-17)19(26)22-11-12-23-20(27)15-5-3-6-16(21)13-15/h3,5-10,13H,2,4,11-12H2,1H3,(H,22,26)(H,23,27)(H,24,25). The van der Waals surface area contributed by atoms with Gasteiger partial charge in [0, 0.05) is 36.3 Å². The molecule has 3 amide bonds. The first kappa shape index (κ1) is 20.1. The predicted octanol–water partition coefficient (Wildman–Crippen LogP) is 2.72. The number of carbonyl (C=O) groups is 3. The molecular weight excluding hydrogens is 349 g/mol. The summed E-state index contributed by atoms with van der Waals surface area (Å²) in [6.07, 6.45) is 1.21. The summed E-state index contributed by atoms with van der Waals surface area (Å²) in [7, 11) is 0. The Morgan fingerprint density at radius 2 is 1.52 bits per heavy atom. The Kier molecular flexibility index (Phi) is 7.49. The van der Waals surface area contributed by atoms with Crippen molar-refractivity contribution in [1.29, 1.82) is 0 Å². The molecule has 0 radical (unpaired) electrons. The molecule has 0 fully saturated rings. The first-order chi connectivity index (χ1) is 13.0. The molecule has 142 valence electrons. The molecule has 0 heterocycles. The topological polar surface area (TPSA) is 87.3 Å². The maximum atomic E-state index is 13.1. The third-order valence-electron chi connectivity index (χ3n) is 3.69. The zero-order valence-corrected chi connectivity index (χ0v) is 15.0. The SMILES string of the molecule is CCCC(=O)Nc1ccc(C(=O)NCCNC(=O)c2cccc(F)c2)cc1. The molecular formula is C20H22FN3O3. The van der Waals surface area contributed by atoms with Gasteiger partial charge in [-0.2, -0.15) is 0 Å². The number of nitrogens with one attached hydrogen (secondary N) is 3. The molecule has 0 aromatic heterocycles. The average Bonchev–Trinajstić information content (AvgIpc) is 2.65. The van der Waals surface area contributed by atoms with Gasteiger partial charge in [-0.05, 0) is 48.9 Å². The molecule has 2 rings (SSSR count). The number of hydrogen-bond acceptors (Lipinski definition) is 3. The van der Waals surface area contributed by atoms with Crippen LogP contribution in [0.25, 0.3) is 0 Å². The molecule has 6 nitrogen and oxygen atoms in total. The van der Waals surface area contributed by atoms with Crippen molar-refractivity contribution in [2.24, 2.45) is 0 Å². The summed E-state index contributed by atoms with van der Waals surface area (Å²) in [5.74, 6) is -1.24. The van der Waals surface area contributed by atoms with Crippen molar-refractivity contribution >= 4 is 23.4 Å². The molecule has 0 aliphatic carbocycles. The first-order valence-corrected chi connectivity index (χ1v) is 8.71. The van der Waals surface area contributed by atoms with E-state index in [1.54, 1.807) is 24.3 Å². The summed E-state index contributed by atoms with van der Waals surface area (Å²) in [6.45, 7) is 2.37. The van der Waals surface area contributed by atoms with E-state index in [-0.39, 0.29) is 30.5 Å². The number of benzene rings is 2. The molecule has 0 saturated heterocycles. The highest BCUT2D eigenvalue weighted by molar-refractivity contribution is 5.96. The van der Waals surface area contributed by atoms with Crippen LogP contribution in [0, 0.1) is 5.82 Å². The Morgan fingerprint density at radius 1 is 0.889 bits per heavy atom. The van der Waals surface area contributed by atoms with E-state index >= 15 is 0 Å². The highest BCUT2D eigenvalue weighted by atomic mass is 19.1. The smallest absolute Gasteiger partial charge is 0.251 e. The third kappa shape index (κ3) is 6.54. The van der Waals surface area contributed by atoms with Gasteiger partial charge in [0.1, 0.15) is 5.82 Å². The van der Waals surface area contributed by atoms with Gasteiger partial charge in [0.2, 0.25) is 5.91 Å². The second-order valence-electron chi connectivity index (χ2n) is 5.90. The molecule has 0 aliphatic rings. The van der Waals surface area contributed by atoms with Crippen LogP contribution in [0.2, 0.25) is 0 Å². The fourth-order valence-corrected chi connectivity index (χ4v) is 2.34. The van der Waals surface area contributed by atoms with Crippen molar-refractivity contribution in [3.8, 4) is 0 Å². The van der Waals surface area contributed by atoms with E-state index in [4.69, 9.17) is 0 Å². The maximum absolute atomic E-state index is 13.1. The lowest BCUT2D eigenvalue weighted by Crippen LogP contribution is -2.34. The van der Waals surface area contributed by atoms with E-state index in [2.05, 4.69) is 16.0 Å². The molecule has 0 unspecified atom stereocenters. The summed E-state index contributed by atoms with van der Waals surface area (Å²) in [6, 6.07) is 11.9. The second kappa shape index (κ2) is 10.1. The molecule has 0 saturated carbocycles. The number of hydrogen-bond donors (Lipinski definition) is 3. The lowest BCUT2D eigenvalue weighted by Gasteiger charge is -2.08. The molecule has 0 bridgehead atoms. The minimum absolute atomic E-state index is 0.0660. The van der Waals surface area contributed by atoms with Crippen LogP contribution in [0.4, 0.5) is 10.1 Å². The van der Waals surface area contributed by atoms with Crippen molar-refractivity contribution in [3.05, 3.63) is 65.5 Å². The summed E-state index contributed by atoms with van der Waals surface area (Å²) < 4.78 is 13.1. The third-order valence-corrected chi connectivity index (χ3v) is 3.69. The average molecular weight is 371 g/mol. The Labute approximate surface area is 157 Å². The van der Waals surface area contributed by atoms with Crippen LogP contribution in [-0.2, 0) is 4.79 Å². The van der Waals surface area contributed by atoms with Crippen molar-refractivity contribution in [1.82, 2.24) is 10.6 Å². The van der Waals surface area contributed by atoms with Gasteiger partial charge in [-0.15, -0.1) is 0 Å². The van der Waals surface area contributed by atoms with Crippen molar-refractivity contribution in [3.63, 3.8) is 0 Å². The van der Waals surface area contributed by atoms with Gasteiger partial charge >= 0.3 is 0 Å². The van der Waals surface area contributed by atoms with Gasteiger partial charge in [-0.3, -0.25) is 14.4 Å². The van der Waals surface area contributed by atoms with Crippen LogP contribution >= 0.6 is 0 Å². The molecule has 0 atom stereocenters. The van der Waals surface area contributed by atoms with Crippen molar-refractivity contribution in [2.45, 2.75) is 19.8 Å². The normalized spacial score (nSPS) is 10.1. The largest absolute Gasteiger partial charge is 0.350 e. The Balaban J connectivity index is 1.75. The summed E-state index contributed by atoms with van der Waals surface area (Å²) >= 11 is 0. The zero-order valence-electron chi connectivity index (χ0n) is 15.0. The van der Waals surface area contributed by atoms with Gasteiger partial charge in [-0.25, -0.2) is 4.39 Å². The lowest BCUT2D eigenvalue weighted by molar-refractivity contribution is -0.116. The van der Waals surface area contributed by atoms with E-state index in [0.717, 1.165) is 12.5 Å². The number of rotatable bonds is 8. The number of halogens is 1. The van der Waals surface area contributed by atoms with Crippen LogP contribution in [0.15, 0.2) is 48.5 Å². The summed E-state index contributed by atoms with van der Waals surface area (Å²) in [4.78, 5) is 35.5. The van der Waals surface area contributed by atoms with Crippen molar-refractivity contribution in [2.75, 3.05) is 18.4 Å². The molecule has 0 aliphatic heterocycles. The predicted molar refractivity (Wildman–Crippen MR) is 101 cm³/mol. The Hall–Kier alpha value is -3.22. The fourth-order valence-electron chi connectivity index (χ4n) is 2.34. The van der Waals surface area contributed by atoms with Crippen LogP contribution < -0.4 is 16.0 Å². The maximum Gasteiger partial charge on any atom is 0.251 e. The van der Waals surface area contributed by atoms with Crippen LogP contribution in [0.5, 0.6) is 0 Å². The Bertz CT molecular complexity index is 806. The Morgan fingerprint density at radius 3 is 2.11 bits per heavy atom. The minimum atomic E-state index is -0.481. The number of amides is 3. The number of anilines is 1. The summed E-state index contributed by atoms with van der Waals surface area (Å²) in [5, 5.41) is 8.04. The first-order valence-electron chi connectivity index (χ1n) is 8.71. The highest BCUT2D eigenvalue weighted by Gasteiger charge is 2.08. The van der Waals surface area contributed by atoms with E-state index in [0.29, 0.717) is 17.7 Å². The van der Waals surface area contributed by atoms with Crippen LogP contribution in [-0.4, -0.2) is 30.8 Å². The van der Waals surface area contributed by atoms with Gasteiger partial charge < -0.3 is 16.0 Å². The van der Waals surface area contributed by atoms with Gasteiger partial charge in [-0.1, -0.05) is 13.0 Å². The molecule has 3 N–H and O–H groups in total. The molecule has 2 aromatic rings. The van der Waals surface area contributed by atoms with Crippen molar-refractivity contribution < 1.29 is 18.8 Å². The van der Waals surface area contributed by atoms with E-state index in [1.807, 2.05) is 6.92 Å². The van der Waals surface area contributed by atoms with E-state index in [9.17, 15) is 18.8 Å². The molecule has 0 spiro atoms.